The smallest absolute Gasteiger partial charge is 0.131 e. The molecule has 0 saturated heterocycles. The minimum Gasteiger partial charge on any atom is -0.310 e. The molecule has 172 valence electrons. The number of fused-ring (bicyclic) bond motifs is 5. The number of rotatable bonds is 4. The Morgan fingerprint density at radius 1 is 0.806 bits per heavy atom. The van der Waals surface area contributed by atoms with Gasteiger partial charge in [0.05, 0.1) is 4.70 Å². The zero-order valence-corrected chi connectivity index (χ0v) is 21.5. The Labute approximate surface area is 218 Å². The maximum atomic E-state index is 9.17. The summed E-state index contributed by atoms with van der Waals surface area (Å²) < 4.78 is 2.46. The van der Waals surface area contributed by atoms with Crippen molar-refractivity contribution in [3.05, 3.63) is 107 Å². The molecular weight excluding hydrogens is 478 g/mol. The molecule has 0 aliphatic heterocycles. The van der Waals surface area contributed by atoms with E-state index in [0.29, 0.717) is 0 Å². The molecule has 0 unspecified atom stereocenters. The molecule has 1 aliphatic rings. The van der Waals surface area contributed by atoms with Gasteiger partial charge in [-0.15, -0.1) is 22.7 Å². The van der Waals surface area contributed by atoms with E-state index in [1.54, 1.807) is 28.7 Å². The first-order valence-electron chi connectivity index (χ1n) is 11.6. The lowest BCUT2D eigenvalue weighted by Gasteiger charge is -2.28. The molecule has 5 aromatic rings. The highest BCUT2D eigenvalue weighted by Gasteiger charge is 2.40. The Hall–Kier alpha value is -4.16. The topological polar surface area (TPSA) is 50.8 Å². The molecule has 36 heavy (non-hydrogen) atoms. The molecule has 6 rings (SSSR count). The summed E-state index contributed by atoms with van der Waals surface area (Å²) in [6, 6.07) is 33.8. The summed E-state index contributed by atoms with van der Waals surface area (Å²) in [7, 11) is 0. The van der Waals surface area contributed by atoms with E-state index in [2.05, 4.69) is 91.5 Å². The van der Waals surface area contributed by atoms with Gasteiger partial charge in [0, 0.05) is 36.9 Å². The average Bonchev–Trinajstić information content (AvgIpc) is 3.52. The van der Waals surface area contributed by atoms with Crippen molar-refractivity contribution in [1.29, 1.82) is 10.5 Å². The largest absolute Gasteiger partial charge is 0.310 e. The van der Waals surface area contributed by atoms with Crippen LogP contribution in [0.2, 0.25) is 0 Å². The zero-order chi connectivity index (χ0) is 24.9. The van der Waals surface area contributed by atoms with Crippen LogP contribution in [0.15, 0.2) is 90.5 Å². The molecule has 3 aromatic carbocycles. The molecular formula is C31H21N3S2. The number of hydrogen-bond donors (Lipinski definition) is 0. The number of anilines is 3. The van der Waals surface area contributed by atoms with Gasteiger partial charge in [-0.05, 0) is 65.2 Å². The van der Waals surface area contributed by atoms with Crippen LogP contribution in [-0.4, -0.2) is 0 Å². The lowest BCUT2D eigenvalue weighted by Crippen LogP contribution is -2.16. The fourth-order valence-electron chi connectivity index (χ4n) is 5.09. The third-order valence-electron chi connectivity index (χ3n) is 6.74. The van der Waals surface area contributed by atoms with Crippen molar-refractivity contribution < 1.29 is 0 Å². The lowest BCUT2D eigenvalue weighted by atomic mass is 9.82. The Morgan fingerprint density at radius 3 is 2.06 bits per heavy atom. The second-order valence-electron chi connectivity index (χ2n) is 9.29. The highest BCUT2D eigenvalue weighted by molar-refractivity contribution is 7.30. The van der Waals surface area contributed by atoms with Crippen LogP contribution in [0.1, 0.15) is 29.9 Å². The van der Waals surface area contributed by atoms with Gasteiger partial charge in [0.2, 0.25) is 0 Å². The van der Waals surface area contributed by atoms with E-state index in [-0.39, 0.29) is 11.0 Å². The number of thiophene rings is 2. The van der Waals surface area contributed by atoms with Crippen molar-refractivity contribution in [3.8, 4) is 22.6 Å². The highest BCUT2D eigenvalue weighted by Crippen LogP contribution is 2.58. The maximum Gasteiger partial charge on any atom is 0.131 e. The molecule has 1 aliphatic carbocycles. The summed E-state index contributed by atoms with van der Waals surface area (Å²) in [5, 5.41) is 18.3. The summed E-state index contributed by atoms with van der Waals surface area (Å²) in [6.45, 7) is 4.60. The predicted octanol–water partition coefficient (Wildman–Crippen LogP) is 9.17. The summed E-state index contributed by atoms with van der Waals surface area (Å²) in [5.41, 5.74) is 7.30. The number of hydrogen-bond acceptors (Lipinski definition) is 5. The standard InChI is InChI=1S/C31H21N3S2/c1-31(2)26-16-23(34(21-9-5-3-6-10-21)22-11-7-4-8-12-22)13-14-25(26)29-28(31)30-27(36-29)17-24(35-30)15-20(18-32)19-33/h3-17H,1-2H3. The first-order valence-corrected chi connectivity index (χ1v) is 13.3. The molecule has 0 saturated carbocycles. The van der Waals surface area contributed by atoms with Crippen molar-refractivity contribution in [2.45, 2.75) is 19.3 Å². The summed E-state index contributed by atoms with van der Waals surface area (Å²) in [6.07, 6.45) is 1.69. The number of nitrogens with zero attached hydrogens (tertiary/aromatic N) is 3. The van der Waals surface area contributed by atoms with Crippen molar-refractivity contribution in [2.24, 2.45) is 0 Å². The summed E-state index contributed by atoms with van der Waals surface area (Å²) in [4.78, 5) is 4.58. The molecule has 5 heteroatoms. The average molecular weight is 500 g/mol. The van der Waals surface area contributed by atoms with E-state index in [0.717, 1.165) is 21.9 Å². The van der Waals surface area contributed by atoms with E-state index >= 15 is 0 Å². The quantitative estimate of drug-likeness (QED) is 0.232. The van der Waals surface area contributed by atoms with Crippen LogP contribution in [-0.2, 0) is 5.41 Å². The summed E-state index contributed by atoms with van der Waals surface area (Å²) in [5.74, 6) is 0. The Bertz CT molecular complexity index is 1670. The fourth-order valence-corrected chi connectivity index (χ4v) is 8.03. The number of benzene rings is 3. The first kappa shape index (κ1) is 22.3. The molecule has 0 fully saturated rings. The van der Waals surface area contributed by atoms with Crippen LogP contribution < -0.4 is 4.90 Å². The Balaban J connectivity index is 1.49. The predicted molar refractivity (Wildman–Crippen MR) is 151 cm³/mol. The second kappa shape index (κ2) is 8.50. The van der Waals surface area contributed by atoms with Crippen LogP contribution in [0.4, 0.5) is 17.1 Å². The molecule has 0 radical (unpaired) electrons. The van der Waals surface area contributed by atoms with Gasteiger partial charge < -0.3 is 4.90 Å². The summed E-state index contributed by atoms with van der Waals surface area (Å²) >= 11 is 3.47. The van der Waals surface area contributed by atoms with Gasteiger partial charge in [-0.25, -0.2) is 0 Å². The van der Waals surface area contributed by atoms with Gasteiger partial charge in [-0.1, -0.05) is 56.3 Å². The molecule has 0 bridgehead atoms. The fraction of sp³-hybridized carbons (Fsp3) is 0.0968. The van der Waals surface area contributed by atoms with Gasteiger partial charge in [0.25, 0.3) is 0 Å². The number of allylic oxidation sites excluding steroid dienone is 1. The van der Waals surface area contributed by atoms with E-state index in [4.69, 9.17) is 10.5 Å². The molecule has 2 aromatic heterocycles. The Kier molecular flexibility index (Phi) is 5.27. The van der Waals surface area contributed by atoms with Gasteiger partial charge in [-0.3, -0.25) is 0 Å². The maximum absolute atomic E-state index is 9.17. The molecule has 0 spiro atoms. The third-order valence-corrected chi connectivity index (χ3v) is 9.14. The van der Waals surface area contributed by atoms with Crippen LogP contribution in [0.3, 0.4) is 0 Å². The minimum absolute atomic E-state index is 0.134. The van der Waals surface area contributed by atoms with Crippen molar-refractivity contribution in [1.82, 2.24) is 0 Å². The van der Waals surface area contributed by atoms with Crippen LogP contribution in [0, 0.1) is 22.7 Å². The molecule has 3 nitrogen and oxygen atoms in total. The van der Waals surface area contributed by atoms with E-state index in [9.17, 15) is 0 Å². The Morgan fingerprint density at radius 2 is 1.44 bits per heavy atom. The zero-order valence-electron chi connectivity index (χ0n) is 19.8. The van der Waals surface area contributed by atoms with Gasteiger partial charge in [0.1, 0.15) is 17.7 Å². The van der Waals surface area contributed by atoms with E-state index in [1.165, 1.54) is 31.0 Å². The van der Waals surface area contributed by atoms with Gasteiger partial charge >= 0.3 is 0 Å². The third kappa shape index (κ3) is 3.45. The van der Waals surface area contributed by atoms with Gasteiger partial charge in [-0.2, -0.15) is 10.5 Å². The van der Waals surface area contributed by atoms with Crippen LogP contribution >= 0.6 is 22.7 Å². The van der Waals surface area contributed by atoms with Crippen LogP contribution in [0.5, 0.6) is 0 Å². The van der Waals surface area contributed by atoms with E-state index in [1.807, 2.05) is 24.3 Å². The molecule has 0 amide bonds. The number of para-hydroxylation sites is 2. The monoisotopic (exact) mass is 499 g/mol. The number of nitriles is 2. The van der Waals surface area contributed by atoms with Crippen LogP contribution in [0.25, 0.3) is 25.9 Å². The van der Waals surface area contributed by atoms with Crippen molar-refractivity contribution in [3.63, 3.8) is 0 Å². The van der Waals surface area contributed by atoms with Crippen molar-refractivity contribution in [2.75, 3.05) is 4.90 Å². The molecule has 0 N–H and O–H groups in total. The highest BCUT2D eigenvalue weighted by atomic mass is 32.1. The van der Waals surface area contributed by atoms with Crippen molar-refractivity contribution >= 4 is 55.2 Å². The van der Waals surface area contributed by atoms with E-state index < -0.39 is 0 Å². The van der Waals surface area contributed by atoms with Gasteiger partial charge in [0.15, 0.2) is 0 Å². The first-order chi connectivity index (χ1) is 17.5. The minimum atomic E-state index is -0.170. The SMILES string of the molecule is CC1(C)c2cc(N(c3ccccc3)c3ccccc3)ccc2-c2sc3cc(C=C(C#N)C#N)sc3c21. The second-order valence-corrected chi connectivity index (χ2v) is 11.4. The normalized spacial score (nSPS) is 12.9. The lowest BCUT2D eigenvalue weighted by molar-refractivity contribution is 0.668. The molecule has 0 atom stereocenters. The molecule has 2 heterocycles.